The van der Waals surface area contributed by atoms with E-state index in [1.807, 2.05) is 36.4 Å². The van der Waals surface area contributed by atoms with Crippen molar-refractivity contribution in [3.05, 3.63) is 48.6 Å². The van der Waals surface area contributed by atoms with Gasteiger partial charge in [-0.05, 0) is 32.1 Å². The Kier molecular flexibility index (Phi) is 4.52. The zero-order valence-electron chi connectivity index (χ0n) is 13.3. The monoisotopic (exact) mass is 308 g/mol. The SMILES string of the molecule is CCN(/C=C\c1nc(Nc2ccccc2)nc2nc[nH]c12)CC. The Balaban J connectivity index is 1.94. The molecule has 2 aromatic heterocycles. The molecule has 6 nitrogen and oxygen atoms in total. The summed E-state index contributed by atoms with van der Waals surface area (Å²) in [7, 11) is 0. The summed E-state index contributed by atoms with van der Waals surface area (Å²) in [4.78, 5) is 18.6. The molecule has 118 valence electrons. The van der Waals surface area contributed by atoms with Crippen LogP contribution in [0.2, 0.25) is 0 Å². The first-order chi connectivity index (χ1) is 11.3. The van der Waals surface area contributed by atoms with Crippen LogP contribution in [-0.4, -0.2) is 37.9 Å². The summed E-state index contributed by atoms with van der Waals surface area (Å²) in [5, 5.41) is 3.22. The van der Waals surface area contributed by atoms with Crippen LogP contribution in [0, 0.1) is 0 Å². The van der Waals surface area contributed by atoms with Crippen LogP contribution in [0.25, 0.3) is 17.2 Å². The predicted molar refractivity (Wildman–Crippen MR) is 93.4 cm³/mol. The van der Waals surface area contributed by atoms with Crippen molar-refractivity contribution in [2.75, 3.05) is 18.4 Å². The highest BCUT2D eigenvalue weighted by atomic mass is 15.1. The van der Waals surface area contributed by atoms with Crippen molar-refractivity contribution in [2.45, 2.75) is 13.8 Å². The topological polar surface area (TPSA) is 69.7 Å². The van der Waals surface area contributed by atoms with Crippen molar-refractivity contribution in [3.8, 4) is 0 Å². The van der Waals surface area contributed by atoms with E-state index in [-0.39, 0.29) is 0 Å². The first kappa shape index (κ1) is 15.0. The van der Waals surface area contributed by atoms with Gasteiger partial charge in [-0.1, -0.05) is 18.2 Å². The van der Waals surface area contributed by atoms with E-state index >= 15 is 0 Å². The molecule has 3 aromatic rings. The quantitative estimate of drug-likeness (QED) is 0.730. The molecule has 0 saturated carbocycles. The fourth-order valence-corrected chi connectivity index (χ4v) is 2.29. The fourth-order valence-electron chi connectivity index (χ4n) is 2.29. The van der Waals surface area contributed by atoms with Crippen LogP contribution in [0.15, 0.2) is 42.9 Å². The summed E-state index contributed by atoms with van der Waals surface area (Å²) >= 11 is 0. The summed E-state index contributed by atoms with van der Waals surface area (Å²) in [6.07, 6.45) is 5.68. The number of aromatic amines is 1. The van der Waals surface area contributed by atoms with Gasteiger partial charge in [0.25, 0.3) is 0 Å². The maximum Gasteiger partial charge on any atom is 0.229 e. The molecule has 2 N–H and O–H groups in total. The van der Waals surface area contributed by atoms with E-state index in [0.29, 0.717) is 11.6 Å². The van der Waals surface area contributed by atoms with Crippen molar-refractivity contribution in [1.29, 1.82) is 0 Å². The first-order valence-electron chi connectivity index (χ1n) is 7.75. The molecule has 0 fully saturated rings. The van der Waals surface area contributed by atoms with Crippen LogP contribution < -0.4 is 5.32 Å². The first-order valence-corrected chi connectivity index (χ1v) is 7.75. The molecule has 0 radical (unpaired) electrons. The van der Waals surface area contributed by atoms with Crippen molar-refractivity contribution in [3.63, 3.8) is 0 Å². The molecule has 0 unspecified atom stereocenters. The third kappa shape index (κ3) is 3.48. The molecule has 0 bridgehead atoms. The van der Waals surface area contributed by atoms with Crippen molar-refractivity contribution in [1.82, 2.24) is 24.8 Å². The molecule has 0 saturated heterocycles. The highest BCUT2D eigenvalue weighted by Gasteiger charge is 2.08. The Morgan fingerprint density at radius 2 is 1.91 bits per heavy atom. The van der Waals surface area contributed by atoms with Crippen molar-refractivity contribution in [2.24, 2.45) is 0 Å². The Labute approximate surface area is 135 Å². The lowest BCUT2D eigenvalue weighted by Gasteiger charge is -2.14. The zero-order chi connectivity index (χ0) is 16.1. The van der Waals surface area contributed by atoms with Gasteiger partial charge in [-0.15, -0.1) is 0 Å². The number of fused-ring (bicyclic) bond motifs is 1. The van der Waals surface area contributed by atoms with Gasteiger partial charge in [0.1, 0.15) is 5.52 Å². The minimum atomic E-state index is 0.537. The molecule has 6 heteroatoms. The molecule has 0 aliphatic carbocycles. The van der Waals surface area contributed by atoms with E-state index < -0.39 is 0 Å². The molecule has 23 heavy (non-hydrogen) atoms. The summed E-state index contributed by atoms with van der Waals surface area (Å²) < 4.78 is 0. The van der Waals surface area contributed by atoms with Gasteiger partial charge in [-0.3, -0.25) is 0 Å². The van der Waals surface area contributed by atoms with Crippen LogP contribution in [0.4, 0.5) is 11.6 Å². The largest absolute Gasteiger partial charge is 0.378 e. The van der Waals surface area contributed by atoms with Crippen LogP contribution in [0.1, 0.15) is 19.5 Å². The van der Waals surface area contributed by atoms with Gasteiger partial charge in [0.2, 0.25) is 5.95 Å². The molecule has 0 amide bonds. The number of para-hydroxylation sites is 1. The molecule has 0 spiro atoms. The third-order valence-corrected chi connectivity index (χ3v) is 3.60. The lowest BCUT2D eigenvalue weighted by atomic mass is 10.3. The molecular formula is C17H20N6. The molecule has 1 aromatic carbocycles. The fraction of sp³-hybridized carbons (Fsp3) is 0.235. The lowest BCUT2D eigenvalue weighted by Crippen LogP contribution is -2.15. The smallest absolute Gasteiger partial charge is 0.229 e. The number of imidazole rings is 1. The van der Waals surface area contributed by atoms with E-state index in [1.165, 1.54) is 0 Å². The average Bonchev–Trinajstić information content (AvgIpc) is 3.05. The highest BCUT2D eigenvalue weighted by molar-refractivity contribution is 5.81. The Hall–Kier alpha value is -2.89. The molecular weight excluding hydrogens is 288 g/mol. The number of hydrogen-bond acceptors (Lipinski definition) is 5. The maximum atomic E-state index is 4.60. The van der Waals surface area contributed by atoms with E-state index in [1.54, 1.807) is 6.33 Å². The van der Waals surface area contributed by atoms with Gasteiger partial charge in [0.05, 0.1) is 12.0 Å². The lowest BCUT2D eigenvalue weighted by molar-refractivity contribution is 0.421. The number of nitrogens with one attached hydrogen (secondary N) is 2. The molecule has 2 heterocycles. The van der Waals surface area contributed by atoms with Crippen LogP contribution in [0.3, 0.4) is 0 Å². The second-order valence-electron chi connectivity index (χ2n) is 5.06. The van der Waals surface area contributed by atoms with Gasteiger partial charge >= 0.3 is 0 Å². The Morgan fingerprint density at radius 3 is 2.65 bits per heavy atom. The second kappa shape index (κ2) is 6.91. The Morgan fingerprint density at radius 1 is 1.13 bits per heavy atom. The summed E-state index contributed by atoms with van der Waals surface area (Å²) in [5.41, 5.74) is 3.25. The van der Waals surface area contributed by atoms with Crippen molar-refractivity contribution >= 4 is 28.9 Å². The standard InChI is InChI=1S/C17H20N6/c1-3-23(4-2)11-10-14-15-16(19-12-18-15)22-17(21-14)20-13-8-6-5-7-9-13/h5-12H,3-4H2,1-2H3,(H2,18,19,20,21,22)/b11-10-. The predicted octanol–water partition coefficient (Wildman–Crippen LogP) is 3.41. The minimum absolute atomic E-state index is 0.537. The molecule has 3 rings (SSSR count). The van der Waals surface area contributed by atoms with Gasteiger partial charge in [-0.25, -0.2) is 9.97 Å². The highest BCUT2D eigenvalue weighted by Crippen LogP contribution is 2.18. The second-order valence-corrected chi connectivity index (χ2v) is 5.06. The number of anilines is 2. The van der Waals surface area contributed by atoms with E-state index in [0.717, 1.165) is 30.0 Å². The minimum Gasteiger partial charge on any atom is -0.378 e. The zero-order valence-corrected chi connectivity index (χ0v) is 13.3. The maximum absolute atomic E-state index is 4.60. The number of nitrogens with zero attached hydrogens (tertiary/aromatic N) is 4. The number of aromatic nitrogens is 4. The van der Waals surface area contributed by atoms with Crippen LogP contribution >= 0.6 is 0 Å². The van der Waals surface area contributed by atoms with Crippen molar-refractivity contribution < 1.29 is 0 Å². The normalized spacial score (nSPS) is 11.2. The van der Waals surface area contributed by atoms with Gasteiger partial charge in [0.15, 0.2) is 5.65 Å². The summed E-state index contributed by atoms with van der Waals surface area (Å²) in [6.45, 7) is 6.17. The van der Waals surface area contributed by atoms with Crippen LogP contribution in [-0.2, 0) is 0 Å². The third-order valence-electron chi connectivity index (χ3n) is 3.60. The van der Waals surface area contributed by atoms with Crippen LogP contribution in [0.5, 0.6) is 0 Å². The number of hydrogen-bond donors (Lipinski definition) is 2. The Bertz CT molecular complexity index is 789. The van der Waals surface area contributed by atoms with E-state index in [9.17, 15) is 0 Å². The molecule has 0 atom stereocenters. The number of benzene rings is 1. The molecule has 0 aliphatic heterocycles. The van der Waals surface area contributed by atoms with E-state index in [2.05, 4.69) is 50.2 Å². The molecule has 0 aliphatic rings. The number of H-pyrrole nitrogens is 1. The van der Waals surface area contributed by atoms with Gasteiger partial charge in [0, 0.05) is 25.0 Å². The summed E-state index contributed by atoms with van der Waals surface area (Å²) in [5.74, 6) is 0.537. The van der Waals surface area contributed by atoms with Gasteiger partial charge in [-0.2, -0.15) is 4.98 Å². The number of rotatable bonds is 6. The summed E-state index contributed by atoms with van der Waals surface area (Å²) in [6, 6.07) is 9.86. The average molecular weight is 308 g/mol. The van der Waals surface area contributed by atoms with E-state index in [4.69, 9.17) is 0 Å². The van der Waals surface area contributed by atoms with Gasteiger partial charge < -0.3 is 15.2 Å².